The molecule has 0 radical (unpaired) electrons. The van der Waals surface area contributed by atoms with E-state index >= 15 is 0 Å². The van der Waals surface area contributed by atoms with Crippen molar-refractivity contribution in [2.45, 2.75) is 0 Å². The SMILES string of the molecule is O=C([O-])CNc1ncnc2c(Cl)cc(Cl)cc12. The van der Waals surface area contributed by atoms with Crippen LogP contribution in [0, 0.1) is 0 Å². The smallest absolute Gasteiger partial charge is 0.137 e. The Morgan fingerprint density at radius 2 is 2.12 bits per heavy atom. The monoisotopic (exact) mass is 270 g/mol. The number of hydrogen-bond acceptors (Lipinski definition) is 5. The summed E-state index contributed by atoms with van der Waals surface area (Å²) in [6, 6.07) is 3.17. The van der Waals surface area contributed by atoms with Gasteiger partial charge < -0.3 is 15.2 Å². The molecule has 0 aliphatic carbocycles. The summed E-state index contributed by atoms with van der Waals surface area (Å²) >= 11 is 11.8. The number of carboxylic acids is 1. The van der Waals surface area contributed by atoms with Crippen LogP contribution in [0.3, 0.4) is 0 Å². The van der Waals surface area contributed by atoms with E-state index in [9.17, 15) is 9.90 Å². The molecule has 0 spiro atoms. The van der Waals surface area contributed by atoms with Gasteiger partial charge in [0.2, 0.25) is 0 Å². The predicted molar refractivity (Wildman–Crippen MR) is 63.1 cm³/mol. The van der Waals surface area contributed by atoms with Gasteiger partial charge in [-0.15, -0.1) is 0 Å². The van der Waals surface area contributed by atoms with Gasteiger partial charge in [-0.05, 0) is 12.1 Å². The summed E-state index contributed by atoms with van der Waals surface area (Å²) in [5.74, 6) is -0.881. The number of anilines is 1. The van der Waals surface area contributed by atoms with Gasteiger partial charge in [-0.25, -0.2) is 9.97 Å². The molecular formula is C10H6Cl2N3O2-. The summed E-state index contributed by atoms with van der Waals surface area (Å²) < 4.78 is 0. The van der Waals surface area contributed by atoms with Crippen LogP contribution >= 0.6 is 23.2 Å². The zero-order valence-electron chi connectivity index (χ0n) is 8.41. The zero-order valence-corrected chi connectivity index (χ0v) is 9.92. The lowest BCUT2D eigenvalue weighted by atomic mass is 10.2. The van der Waals surface area contributed by atoms with Gasteiger partial charge in [0.15, 0.2) is 0 Å². The first kappa shape index (κ1) is 11.9. The topological polar surface area (TPSA) is 77.9 Å². The van der Waals surface area contributed by atoms with Crippen molar-refractivity contribution in [3.63, 3.8) is 0 Å². The second-order valence-electron chi connectivity index (χ2n) is 3.23. The van der Waals surface area contributed by atoms with E-state index in [0.29, 0.717) is 26.8 Å². The Kier molecular flexibility index (Phi) is 3.31. The lowest BCUT2D eigenvalue weighted by Crippen LogP contribution is -2.30. The van der Waals surface area contributed by atoms with Crippen LogP contribution in [0.15, 0.2) is 18.5 Å². The molecule has 1 aromatic heterocycles. The number of hydrogen-bond donors (Lipinski definition) is 1. The Hall–Kier alpha value is -1.59. The lowest BCUT2D eigenvalue weighted by Gasteiger charge is -2.09. The van der Waals surface area contributed by atoms with E-state index in [-0.39, 0.29) is 6.54 Å². The van der Waals surface area contributed by atoms with Crippen molar-refractivity contribution < 1.29 is 9.90 Å². The highest BCUT2D eigenvalue weighted by Gasteiger charge is 2.08. The van der Waals surface area contributed by atoms with Crippen molar-refractivity contribution in [3.05, 3.63) is 28.5 Å². The quantitative estimate of drug-likeness (QED) is 0.904. The molecular weight excluding hydrogens is 265 g/mol. The maximum Gasteiger partial charge on any atom is 0.137 e. The number of nitrogens with one attached hydrogen (secondary N) is 1. The van der Waals surface area contributed by atoms with Gasteiger partial charge >= 0.3 is 0 Å². The minimum Gasteiger partial charge on any atom is -0.548 e. The summed E-state index contributed by atoms with van der Waals surface area (Å²) in [6.45, 7) is -0.351. The number of carbonyl (C=O) groups is 1. The molecule has 7 heteroatoms. The average Bonchev–Trinajstić information content (AvgIpc) is 2.26. The number of rotatable bonds is 3. The average molecular weight is 271 g/mol. The van der Waals surface area contributed by atoms with E-state index < -0.39 is 5.97 Å². The molecule has 0 amide bonds. The molecule has 17 heavy (non-hydrogen) atoms. The molecule has 2 rings (SSSR count). The standard InChI is InChI=1S/C10H7Cl2N3O2/c11-5-1-6-9(7(12)2-5)14-4-15-10(6)13-3-8(16)17/h1-2,4H,3H2,(H,16,17)(H,13,14,15)/p-1. The number of aliphatic carboxylic acids is 1. The molecule has 2 aromatic rings. The summed E-state index contributed by atoms with van der Waals surface area (Å²) in [4.78, 5) is 18.3. The number of carbonyl (C=O) groups excluding carboxylic acids is 1. The van der Waals surface area contributed by atoms with Gasteiger partial charge in [0.25, 0.3) is 0 Å². The lowest BCUT2D eigenvalue weighted by molar-refractivity contribution is -0.302. The number of carboxylic acid groups (broad SMARTS) is 1. The Labute approximate surface area is 106 Å². The van der Waals surface area contributed by atoms with E-state index in [1.807, 2.05) is 0 Å². The molecule has 0 aliphatic rings. The van der Waals surface area contributed by atoms with Gasteiger partial charge in [0.05, 0.1) is 23.1 Å². The largest absolute Gasteiger partial charge is 0.548 e. The minimum absolute atomic E-state index is 0.351. The van der Waals surface area contributed by atoms with Gasteiger partial charge in [0, 0.05) is 10.4 Å². The maximum absolute atomic E-state index is 10.4. The third-order valence-corrected chi connectivity index (χ3v) is 2.56. The number of halogens is 2. The molecule has 0 saturated carbocycles. The van der Waals surface area contributed by atoms with E-state index in [1.54, 1.807) is 12.1 Å². The molecule has 0 saturated heterocycles. The molecule has 0 atom stereocenters. The number of nitrogens with zero attached hydrogens (tertiary/aromatic N) is 2. The van der Waals surface area contributed by atoms with Gasteiger partial charge in [-0.3, -0.25) is 0 Å². The fourth-order valence-corrected chi connectivity index (χ4v) is 1.93. The van der Waals surface area contributed by atoms with Crippen molar-refractivity contribution in [2.75, 3.05) is 11.9 Å². The van der Waals surface area contributed by atoms with Gasteiger partial charge in [-0.1, -0.05) is 23.2 Å². The van der Waals surface area contributed by atoms with Crippen LogP contribution < -0.4 is 10.4 Å². The van der Waals surface area contributed by atoms with Crippen molar-refractivity contribution in [1.29, 1.82) is 0 Å². The summed E-state index contributed by atoms with van der Waals surface area (Å²) in [5.41, 5.74) is 0.506. The van der Waals surface area contributed by atoms with Crippen LogP contribution in [0.2, 0.25) is 10.0 Å². The van der Waals surface area contributed by atoms with Crippen molar-refractivity contribution in [1.82, 2.24) is 9.97 Å². The fraction of sp³-hybridized carbons (Fsp3) is 0.100. The molecule has 5 nitrogen and oxygen atoms in total. The minimum atomic E-state index is -1.23. The van der Waals surface area contributed by atoms with E-state index in [4.69, 9.17) is 23.2 Å². The first-order valence-electron chi connectivity index (χ1n) is 4.61. The Morgan fingerprint density at radius 1 is 1.35 bits per heavy atom. The molecule has 1 aromatic carbocycles. The summed E-state index contributed by atoms with van der Waals surface area (Å²) in [7, 11) is 0. The highest BCUT2D eigenvalue weighted by Crippen LogP contribution is 2.29. The molecule has 0 aliphatic heterocycles. The second-order valence-corrected chi connectivity index (χ2v) is 4.08. The van der Waals surface area contributed by atoms with Crippen molar-refractivity contribution in [3.8, 4) is 0 Å². The van der Waals surface area contributed by atoms with Crippen LogP contribution in [0.25, 0.3) is 10.9 Å². The highest BCUT2D eigenvalue weighted by molar-refractivity contribution is 6.38. The van der Waals surface area contributed by atoms with Gasteiger partial charge in [-0.2, -0.15) is 0 Å². The Morgan fingerprint density at radius 3 is 2.82 bits per heavy atom. The van der Waals surface area contributed by atoms with Crippen molar-refractivity contribution >= 4 is 45.9 Å². The third kappa shape index (κ3) is 2.57. The first-order valence-corrected chi connectivity index (χ1v) is 5.37. The molecule has 0 unspecified atom stereocenters. The Bertz CT molecular complexity index is 589. The van der Waals surface area contributed by atoms with Crippen LogP contribution in [-0.4, -0.2) is 22.5 Å². The van der Waals surface area contributed by atoms with Crippen molar-refractivity contribution in [2.24, 2.45) is 0 Å². The normalized spacial score (nSPS) is 10.5. The molecule has 1 N–H and O–H groups in total. The van der Waals surface area contributed by atoms with Gasteiger partial charge in [0.1, 0.15) is 12.1 Å². The second kappa shape index (κ2) is 4.73. The maximum atomic E-state index is 10.4. The van der Waals surface area contributed by atoms with E-state index in [1.165, 1.54) is 6.33 Å². The number of benzene rings is 1. The number of fused-ring (bicyclic) bond motifs is 1. The van der Waals surface area contributed by atoms with Crippen LogP contribution in [0.1, 0.15) is 0 Å². The zero-order chi connectivity index (χ0) is 12.4. The van der Waals surface area contributed by atoms with Crippen LogP contribution in [-0.2, 0) is 4.79 Å². The van der Waals surface area contributed by atoms with Crippen LogP contribution in [0.5, 0.6) is 0 Å². The molecule has 0 fully saturated rings. The third-order valence-electron chi connectivity index (χ3n) is 2.06. The summed E-state index contributed by atoms with van der Waals surface area (Å²) in [5, 5.41) is 14.4. The molecule has 1 heterocycles. The fourth-order valence-electron chi connectivity index (χ4n) is 1.39. The summed E-state index contributed by atoms with van der Waals surface area (Å²) in [6.07, 6.45) is 1.29. The predicted octanol–water partition coefficient (Wildman–Crippen LogP) is 1.10. The Balaban J connectivity index is 2.52. The number of aromatic nitrogens is 2. The first-order chi connectivity index (χ1) is 8.08. The van der Waals surface area contributed by atoms with Crippen LogP contribution in [0.4, 0.5) is 5.82 Å². The highest BCUT2D eigenvalue weighted by atomic mass is 35.5. The molecule has 88 valence electrons. The van der Waals surface area contributed by atoms with E-state index in [0.717, 1.165) is 0 Å². The molecule has 0 bridgehead atoms. The van der Waals surface area contributed by atoms with E-state index in [2.05, 4.69) is 15.3 Å².